The van der Waals surface area contributed by atoms with E-state index in [1.165, 1.54) is 5.56 Å². The molecule has 0 spiro atoms. The van der Waals surface area contributed by atoms with Crippen LogP contribution in [0, 0.1) is 5.92 Å². The van der Waals surface area contributed by atoms with Crippen LogP contribution in [0.1, 0.15) is 44.4 Å². The van der Waals surface area contributed by atoms with Crippen molar-refractivity contribution in [2.75, 3.05) is 13.7 Å². The van der Waals surface area contributed by atoms with E-state index < -0.39 is 0 Å². The number of hydrogen-bond donors (Lipinski definition) is 0. The van der Waals surface area contributed by atoms with Gasteiger partial charge < -0.3 is 14.1 Å². The zero-order chi connectivity index (χ0) is 17.5. The Kier molecular flexibility index (Phi) is 6.47. The summed E-state index contributed by atoms with van der Waals surface area (Å²) in [5, 5.41) is 0. The van der Waals surface area contributed by atoms with Crippen molar-refractivity contribution in [1.29, 1.82) is 0 Å². The van der Waals surface area contributed by atoms with Gasteiger partial charge in [-0.1, -0.05) is 26.0 Å². The fourth-order valence-corrected chi connectivity index (χ4v) is 2.97. The number of hydrogen-bond acceptors (Lipinski definition) is 3. The number of carbonyl (C=O) groups is 1. The fourth-order valence-electron chi connectivity index (χ4n) is 2.97. The fraction of sp³-hybridized carbons (Fsp3) is 0.450. The largest absolute Gasteiger partial charge is 0.497 e. The topological polar surface area (TPSA) is 42.7 Å². The van der Waals surface area contributed by atoms with Gasteiger partial charge in [0.15, 0.2) is 0 Å². The van der Waals surface area contributed by atoms with Gasteiger partial charge in [0.1, 0.15) is 11.5 Å². The minimum absolute atomic E-state index is 0.0728. The molecule has 0 bridgehead atoms. The van der Waals surface area contributed by atoms with Gasteiger partial charge in [-0.25, -0.2) is 0 Å². The van der Waals surface area contributed by atoms with Crippen LogP contribution in [0.15, 0.2) is 47.1 Å². The summed E-state index contributed by atoms with van der Waals surface area (Å²) in [6, 6.07) is 12.0. The maximum atomic E-state index is 11.9. The molecule has 0 saturated carbocycles. The molecule has 1 heterocycles. The molecule has 2 aromatic rings. The first-order valence-electron chi connectivity index (χ1n) is 8.43. The van der Waals surface area contributed by atoms with Crippen molar-refractivity contribution in [1.82, 2.24) is 4.90 Å². The zero-order valence-electron chi connectivity index (χ0n) is 15.0. The number of methoxy groups -OCH3 is 1. The number of nitrogens with zero attached hydrogens (tertiary/aromatic N) is 1. The van der Waals surface area contributed by atoms with E-state index in [1.54, 1.807) is 20.3 Å². The third-order valence-electron chi connectivity index (χ3n) is 4.43. The maximum absolute atomic E-state index is 11.9. The molecule has 0 N–H and O–H groups in total. The van der Waals surface area contributed by atoms with Crippen molar-refractivity contribution >= 4 is 5.91 Å². The predicted molar refractivity (Wildman–Crippen MR) is 95.0 cm³/mol. The monoisotopic (exact) mass is 329 g/mol. The summed E-state index contributed by atoms with van der Waals surface area (Å²) in [5.74, 6) is 2.65. The Hall–Kier alpha value is -2.23. The smallest absolute Gasteiger partial charge is 0.219 e. The number of ether oxygens (including phenoxy) is 1. The molecule has 0 aliphatic heterocycles. The minimum atomic E-state index is 0.0728. The van der Waals surface area contributed by atoms with Gasteiger partial charge in [0.2, 0.25) is 5.91 Å². The van der Waals surface area contributed by atoms with E-state index in [0.29, 0.717) is 24.9 Å². The Morgan fingerprint density at radius 2 is 1.92 bits per heavy atom. The molecule has 24 heavy (non-hydrogen) atoms. The van der Waals surface area contributed by atoms with Crippen LogP contribution in [0.5, 0.6) is 5.75 Å². The molecule has 0 aliphatic rings. The van der Waals surface area contributed by atoms with Crippen LogP contribution in [-0.4, -0.2) is 24.5 Å². The molecule has 0 aliphatic carbocycles. The summed E-state index contributed by atoms with van der Waals surface area (Å²) < 4.78 is 10.6. The van der Waals surface area contributed by atoms with Crippen molar-refractivity contribution in [3.8, 4) is 5.75 Å². The summed E-state index contributed by atoms with van der Waals surface area (Å²) in [5.41, 5.74) is 1.28. The van der Waals surface area contributed by atoms with Crippen LogP contribution in [0.2, 0.25) is 0 Å². The summed E-state index contributed by atoms with van der Waals surface area (Å²) in [6.07, 6.45) is 2.56. The first-order chi connectivity index (χ1) is 11.5. The number of benzene rings is 1. The summed E-state index contributed by atoms with van der Waals surface area (Å²) >= 11 is 0. The van der Waals surface area contributed by atoms with Gasteiger partial charge in [0.25, 0.3) is 0 Å². The van der Waals surface area contributed by atoms with Gasteiger partial charge in [-0.3, -0.25) is 4.79 Å². The van der Waals surface area contributed by atoms with Crippen LogP contribution in [0.3, 0.4) is 0 Å². The number of amides is 1. The lowest BCUT2D eigenvalue weighted by atomic mass is 9.85. The van der Waals surface area contributed by atoms with E-state index in [9.17, 15) is 4.79 Å². The lowest BCUT2D eigenvalue weighted by Gasteiger charge is -2.26. The third-order valence-corrected chi connectivity index (χ3v) is 4.43. The Bertz CT molecular complexity index is 617. The van der Waals surface area contributed by atoms with Crippen LogP contribution >= 0.6 is 0 Å². The molecule has 1 amide bonds. The molecule has 0 fully saturated rings. The Morgan fingerprint density at radius 1 is 1.21 bits per heavy atom. The van der Waals surface area contributed by atoms with Gasteiger partial charge in [0, 0.05) is 13.5 Å². The van der Waals surface area contributed by atoms with Crippen molar-refractivity contribution in [2.24, 2.45) is 5.92 Å². The second-order valence-electron chi connectivity index (χ2n) is 6.43. The van der Waals surface area contributed by atoms with Gasteiger partial charge >= 0.3 is 0 Å². The Labute approximate surface area is 144 Å². The second-order valence-corrected chi connectivity index (χ2v) is 6.43. The van der Waals surface area contributed by atoms with Gasteiger partial charge in [0.05, 0.1) is 19.9 Å². The van der Waals surface area contributed by atoms with Gasteiger partial charge in [-0.05, 0) is 48.1 Å². The van der Waals surface area contributed by atoms with E-state index in [-0.39, 0.29) is 5.91 Å². The van der Waals surface area contributed by atoms with Crippen LogP contribution in [0.25, 0.3) is 0 Å². The van der Waals surface area contributed by atoms with E-state index >= 15 is 0 Å². The lowest BCUT2D eigenvalue weighted by molar-refractivity contribution is -0.129. The molecule has 0 unspecified atom stereocenters. The number of rotatable bonds is 8. The Morgan fingerprint density at radius 3 is 2.42 bits per heavy atom. The quantitative estimate of drug-likeness (QED) is 0.718. The van der Waals surface area contributed by atoms with Crippen molar-refractivity contribution < 1.29 is 13.9 Å². The normalized spacial score (nSPS) is 12.2. The maximum Gasteiger partial charge on any atom is 0.219 e. The first-order valence-corrected chi connectivity index (χ1v) is 8.43. The standard InChI is InChI=1S/C20H27NO3/c1-15(2)20(17-7-9-18(23-4)10-8-17)11-12-21(16(3)22)14-19-6-5-13-24-19/h5-10,13,15,20H,11-12,14H2,1-4H3/t20-/m1/s1. The van der Waals surface area contributed by atoms with Crippen molar-refractivity contribution in [3.05, 3.63) is 54.0 Å². The molecule has 1 aromatic heterocycles. The van der Waals surface area contributed by atoms with Crippen LogP contribution < -0.4 is 4.74 Å². The molecule has 0 radical (unpaired) electrons. The molecule has 1 aromatic carbocycles. The average Bonchev–Trinajstić information content (AvgIpc) is 3.07. The highest BCUT2D eigenvalue weighted by atomic mass is 16.5. The summed E-state index contributed by atoms with van der Waals surface area (Å²) in [7, 11) is 1.67. The average molecular weight is 329 g/mol. The number of carbonyl (C=O) groups excluding carboxylic acids is 1. The highest BCUT2D eigenvalue weighted by Gasteiger charge is 2.19. The number of furan rings is 1. The molecule has 2 rings (SSSR count). The van der Waals surface area contributed by atoms with Gasteiger partial charge in [-0.2, -0.15) is 0 Å². The van der Waals surface area contributed by atoms with Crippen molar-refractivity contribution in [2.45, 2.75) is 39.7 Å². The van der Waals surface area contributed by atoms with E-state index in [0.717, 1.165) is 17.9 Å². The van der Waals surface area contributed by atoms with Crippen molar-refractivity contribution in [3.63, 3.8) is 0 Å². The molecular formula is C20H27NO3. The zero-order valence-corrected chi connectivity index (χ0v) is 15.0. The summed E-state index contributed by atoms with van der Waals surface area (Å²) in [6.45, 7) is 7.29. The highest BCUT2D eigenvalue weighted by molar-refractivity contribution is 5.73. The van der Waals surface area contributed by atoms with E-state index in [1.807, 2.05) is 29.2 Å². The molecule has 4 nitrogen and oxygen atoms in total. The first kappa shape index (κ1) is 18.1. The second kappa shape index (κ2) is 8.57. The predicted octanol–water partition coefficient (Wildman–Crippen LogP) is 4.47. The van der Waals surface area contributed by atoms with Gasteiger partial charge in [-0.15, -0.1) is 0 Å². The molecule has 130 valence electrons. The van der Waals surface area contributed by atoms with Crippen LogP contribution in [0.4, 0.5) is 0 Å². The minimum Gasteiger partial charge on any atom is -0.497 e. The summed E-state index contributed by atoms with van der Waals surface area (Å²) in [4.78, 5) is 13.8. The van der Waals surface area contributed by atoms with E-state index in [2.05, 4.69) is 26.0 Å². The SMILES string of the molecule is COc1ccc([C@H](CCN(Cc2ccco2)C(C)=O)C(C)C)cc1. The third kappa shape index (κ3) is 4.88. The van der Waals surface area contributed by atoms with Crippen LogP contribution in [-0.2, 0) is 11.3 Å². The lowest BCUT2D eigenvalue weighted by Crippen LogP contribution is -2.30. The molecule has 0 saturated heterocycles. The molecule has 1 atom stereocenters. The Balaban J connectivity index is 2.04. The van der Waals surface area contributed by atoms with E-state index in [4.69, 9.17) is 9.15 Å². The molecular weight excluding hydrogens is 302 g/mol. The molecule has 4 heteroatoms. The highest BCUT2D eigenvalue weighted by Crippen LogP contribution is 2.29.